The average molecular weight is 518 g/mol. The van der Waals surface area contributed by atoms with Gasteiger partial charge in [-0.15, -0.1) is 0 Å². The Morgan fingerprint density at radius 1 is 1.08 bits per heavy atom. The first-order valence-electron chi connectivity index (χ1n) is 13.2. The summed E-state index contributed by atoms with van der Waals surface area (Å²) in [6, 6.07) is 16.8. The molecule has 4 rings (SSSR count). The first-order valence-corrected chi connectivity index (χ1v) is 13.2. The monoisotopic (exact) mass is 517 g/mol. The van der Waals surface area contributed by atoms with Gasteiger partial charge in [0.25, 0.3) is 5.56 Å². The van der Waals surface area contributed by atoms with E-state index in [1.807, 2.05) is 60.7 Å². The number of benzene rings is 2. The smallest absolute Gasteiger partial charge is 0.349 e. The van der Waals surface area contributed by atoms with Crippen molar-refractivity contribution in [3.8, 4) is 5.75 Å². The molecule has 1 fully saturated rings. The van der Waals surface area contributed by atoms with Crippen molar-refractivity contribution in [2.75, 3.05) is 6.61 Å². The minimum absolute atomic E-state index is 0.0805. The molecule has 8 nitrogen and oxygen atoms in total. The molecule has 0 saturated heterocycles. The van der Waals surface area contributed by atoms with Crippen LogP contribution >= 0.6 is 0 Å². The number of aromatic nitrogens is 3. The number of ether oxygens (including phenoxy) is 2. The summed E-state index contributed by atoms with van der Waals surface area (Å²) < 4.78 is 13.7. The van der Waals surface area contributed by atoms with Gasteiger partial charge in [-0.2, -0.15) is 5.10 Å². The molecule has 0 radical (unpaired) electrons. The highest BCUT2D eigenvalue weighted by atomic mass is 16.6. The molecule has 0 spiro atoms. The van der Waals surface area contributed by atoms with Crippen LogP contribution in [-0.2, 0) is 22.6 Å². The van der Waals surface area contributed by atoms with E-state index < -0.39 is 17.3 Å². The zero-order valence-corrected chi connectivity index (χ0v) is 22.3. The quantitative estimate of drug-likeness (QED) is 0.367. The molecule has 1 aliphatic rings. The summed E-state index contributed by atoms with van der Waals surface area (Å²) in [7, 11) is 0. The lowest BCUT2D eigenvalue weighted by molar-refractivity contribution is -0.158. The molecule has 1 saturated carbocycles. The van der Waals surface area contributed by atoms with Gasteiger partial charge in [-0.3, -0.25) is 9.36 Å². The van der Waals surface area contributed by atoms with Gasteiger partial charge in [0.15, 0.2) is 5.60 Å². The predicted molar refractivity (Wildman–Crippen MR) is 146 cm³/mol. The Labute approximate surface area is 222 Å². The first kappa shape index (κ1) is 27.1. The molecule has 2 aromatic carbocycles. The average Bonchev–Trinajstić information content (AvgIpc) is 3.43. The Kier molecular flexibility index (Phi) is 8.61. The molecule has 0 atom stereocenters. The Bertz CT molecular complexity index is 1400. The molecule has 0 unspecified atom stereocenters. The number of hydrogen-bond acceptors (Lipinski definition) is 6. The van der Waals surface area contributed by atoms with Crippen molar-refractivity contribution in [3.05, 3.63) is 98.3 Å². The third-order valence-corrected chi connectivity index (χ3v) is 6.66. The van der Waals surface area contributed by atoms with Gasteiger partial charge in [0.05, 0.1) is 19.7 Å². The van der Waals surface area contributed by atoms with Crippen LogP contribution < -0.4 is 16.0 Å². The van der Waals surface area contributed by atoms with Crippen molar-refractivity contribution in [2.45, 2.75) is 71.1 Å². The highest BCUT2D eigenvalue weighted by molar-refractivity contribution is 5.79. The van der Waals surface area contributed by atoms with Crippen LogP contribution in [0.15, 0.2) is 70.3 Å². The minimum Gasteiger partial charge on any atom is -0.476 e. The minimum atomic E-state index is -1.13. The van der Waals surface area contributed by atoms with Crippen LogP contribution in [0.1, 0.15) is 69.2 Å². The van der Waals surface area contributed by atoms with Crippen molar-refractivity contribution in [2.24, 2.45) is 0 Å². The van der Waals surface area contributed by atoms with Gasteiger partial charge in [-0.25, -0.2) is 14.3 Å². The predicted octanol–water partition coefficient (Wildman–Crippen LogP) is 4.54. The van der Waals surface area contributed by atoms with Gasteiger partial charge in [0.1, 0.15) is 11.4 Å². The lowest BCUT2D eigenvalue weighted by Gasteiger charge is -2.24. The molecule has 0 bridgehead atoms. The molecule has 38 heavy (non-hydrogen) atoms. The van der Waals surface area contributed by atoms with Crippen LogP contribution in [0, 0.1) is 0 Å². The third-order valence-electron chi connectivity index (χ3n) is 6.66. The number of carbonyl (C=O) groups excluding carboxylic acids is 1. The van der Waals surface area contributed by atoms with Crippen LogP contribution in [0.4, 0.5) is 0 Å². The highest BCUT2D eigenvalue weighted by Gasteiger charge is 2.31. The number of nitrogens with zero attached hydrogens (tertiary/aromatic N) is 3. The lowest BCUT2D eigenvalue weighted by Crippen LogP contribution is -2.44. The number of allylic oxidation sites excluding steroid dienone is 1. The second-order valence-corrected chi connectivity index (χ2v) is 10.0. The van der Waals surface area contributed by atoms with Crippen molar-refractivity contribution >= 4 is 12.0 Å². The SMILES string of the molecule is CCOC(=O)C(C)(C)Oc1cccc(/C=C/Cn2nc(C3CCCC3)c(=O)n(Cc3ccccc3)c2=O)c1. The molecule has 1 aliphatic carbocycles. The summed E-state index contributed by atoms with van der Waals surface area (Å²) in [5.41, 5.74) is 0.351. The molecular weight excluding hydrogens is 482 g/mol. The fourth-order valence-corrected chi connectivity index (χ4v) is 4.67. The van der Waals surface area contributed by atoms with Crippen molar-refractivity contribution in [1.82, 2.24) is 14.3 Å². The van der Waals surface area contributed by atoms with E-state index >= 15 is 0 Å². The third kappa shape index (κ3) is 6.49. The molecule has 1 aromatic heterocycles. The van der Waals surface area contributed by atoms with Gasteiger partial charge in [0, 0.05) is 5.92 Å². The van der Waals surface area contributed by atoms with E-state index in [4.69, 9.17) is 9.47 Å². The largest absolute Gasteiger partial charge is 0.476 e. The van der Waals surface area contributed by atoms with Crippen molar-refractivity contribution < 1.29 is 14.3 Å². The first-order chi connectivity index (χ1) is 18.3. The van der Waals surface area contributed by atoms with Crippen molar-refractivity contribution in [3.63, 3.8) is 0 Å². The molecule has 200 valence electrons. The van der Waals surface area contributed by atoms with Gasteiger partial charge in [0.2, 0.25) is 0 Å². The maximum Gasteiger partial charge on any atom is 0.349 e. The normalized spacial score (nSPS) is 14.2. The fourth-order valence-electron chi connectivity index (χ4n) is 4.67. The Balaban J connectivity index is 1.57. The van der Waals surface area contributed by atoms with Crippen LogP contribution in [0.5, 0.6) is 5.75 Å². The Morgan fingerprint density at radius 2 is 1.82 bits per heavy atom. The second-order valence-electron chi connectivity index (χ2n) is 10.0. The number of hydrogen-bond donors (Lipinski definition) is 0. The van der Waals surface area contributed by atoms with Crippen LogP contribution in [0.3, 0.4) is 0 Å². The maximum absolute atomic E-state index is 13.3. The maximum atomic E-state index is 13.3. The lowest BCUT2D eigenvalue weighted by atomic mass is 10.0. The number of carbonyl (C=O) groups is 1. The summed E-state index contributed by atoms with van der Waals surface area (Å²) in [6.45, 7) is 5.79. The molecule has 3 aromatic rings. The summed E-state index contributed by atoms with van der Waals surface area (Å²) in [4.78, 5) is 38.8. The van der Waals surface area contributed by atoms with E-state index in [-0.39, 0.29) is 31.2 Å². The summed E-state index contributed by atoms with van der Waals surface area (Å²) in [5.74, 6) is 0.174. The molecule has 8 heteroatoms. The van der Waals surface area contributed by atoms with E-state index in [1.54, 1.807) is 26.8 Å². The number of esters is 1. The van der Waals surface area contributed by atoms with E-state index in [0.717, 1.165) is 36.8 Å². The molecule has 0 amide bonds. The molecule has 1 heterocycles. The van der Waals surface area contributed by atoms with Crippen molar-refractivity contribution in [1.29, 1.82) is 0 Å². The van der Waals surface area contributed by atoms with Crippen LogP contribution in [-0.4, -0.2) is 32.5 Å². The molecular formula is C30H35N3O5. The summed E-state index contributed by atoms with van der Waals surface area (Å²) in [5, 5.41) is 4.53. The highest BCUT2D eigenvalue weighted by Crippen LogP contribution is 2.31. The summed E-state index contributed by atoms with van der Waals surface area (Å²) in [6.07, 6.45) is 7.65. The number of rotatable bonds is 10. The van der Waals surface area contributed by atoms with Gasteiger partial charge in [-0.1, -0.05) is 67.5 Å². The standard InChI is InChI=1S/C30H35N3O5/c1-4-37-28(35)30(2,3)38-25-18-10-14-22(20-25)15-11-19-33-29(36)32(21-23-12-6-5-7-13-23)27(34)26(31-33)24-16-8-9-17-24/h5-7,10-15,18,20,24H,4,8-9,16-17,19,21H2,1-3H3/b15-11+. The van der Waals surface area contributed by atoms with E-state index in [9.17, 15) is 14.4 Å². The summed E-state index contributed by atoms with van der Waals surface area (Å²) >= 11 is 0. The zero-order valence-electron chi connectivity index (χ0n) is 22.3. The second kappa shape index (κ2) is 12.1. The fraction of sp³-hybridized carbons (Fsp3) is 0.400. The molecule has 0 N–H and O–H groups in total. The van der Waals surface area contributed by atoms with Crippen LogP contribution in [0.25, 0.3) is 6.08 Å². The topological polar surface area (TPSA) is 92.4 Å². The Hall–Kier alpha value is -3.94. The van der Waals surface area contributed by atoms with Gasteiger partial charge in [-0.05, 0) is 56.9 Å². The van der Waals surface area contributed by atoms with E-state index in [0.29, 0.717) is 11.4 Å². The van der Waals surface area contributed by atoms with Crippen LogP contribution in [0.2, 0.25) is 0 Å². The van der Waals surface area contributed by atoms with E-state index in [1.165, 1.54) is 9.25 Å². The van der Waals surface area contributed by atoms with E-state index in [2.05, 4.69) is 5.10 Å². The van der Waals surface area contributed by atoms with Gasteiger partial charge < -0.3 is 9.47 Å². The Morgan fingerprint density at radius 3 is 2.53 bits per heavy atom. The molecule has 0 aliphatic heterocycles. The zero-order chi connectivity index (χ0) is 27.1. The van der Waals surface area contributed by atoms with Gasteiger partial charge >= 0.3 is 11.7 Å².